The van der Waals surface area contributed by atoms with Gasteiger partial charge in [-0.15, -0.1) is 11.3 Å². The fraction of sp³-hybridized carbons (Fsp3) is 0.273. The van der Waals surface area contributed by atoms with Crippen LogP contribution in [0.1, 0.15) is 18.4 Å². The lowest BCUT2D eigenvalue weighted by molar-refractivity contribution is -0.121. The van der Waals surface area contributed by atoms with Crippen molar-refractivity contribution in [2.75, 3.05) is 18.4 Å². The maximum Gasteiger partial charge on any atom is 0.228 e. The smallest absolute Gasteiger partial charge is 0.228 e. The number of likely N-dealkylation sites (tertiary alicyclic amines) is 1. The molecular formula is C22H21N5O2S. The number of nitrogens with zero attached hydrogens (tertiary/aromatic N) is 4. The van der Waals surface area contributed by atoms with Crippen LogP contribution in [0.25, 0.3) is 22.3 Å². The lowest BCUT2D eigenvalue weighted by atomic mass is 9.96. The van der Waals surface area contributed by atoms with Gasteiger partial charge >= 0.3 is 0 Å². The Kier molecular flexibility index (Phi) is 5.25. The maximum absolute atomic E-state index is 12.9. The van der Waals surface area contributed by atoms with Gasteiger partial charge in [-0.1, -0.05) is 24.3 Å². The fourth-order valence-electron chi connectivity index (χ4n) is 3.97. The van der Waals surface area contributed by atoms with Crippen molar-refractivity contribution in [2.45, 2.75) is 19.4 Å². The van der Waals surface area contributed by atoms with E-state index in [-0.39, 0.29) is 11.8 Å². The van der Waals surface area contributed by atoms with Crippen molar-refractivity contribution in [3.05, 3.63) is 58.9 Å². The van der Waals surface area contributed by atoms with E-state index < -0.39 is 0 Å². The third kappa shape index (κ3) is 3.96. The number of carbonyl (C=O) groups excluding carboxylic acids is 1. The average molecular weight is 420 g/mol. The summed E-state index contributed by atoms with van der Waals surface area (Å²) in [5, 5.41) is 13.0. The summed E-state index contributed by atoms with van der Waals surface area (Å²) in [5.41, 5.74) is 7.28. The van der Waals surface area contributed by atoms with Crippen molar-refractivity contribution in [1.82, 2.24) is 20.2 Å². The molecule has 1 saturated heterocycles. The van der Waals surface area contributed by atoms with Crippen LogP contribution >= 0.6 is 11.3 Å². The molecule has 1 aliphatic heterocycles. The van der Waals surface area contributed by atoms with Gasteiger partial charge in [0.05, 0.1) is 17.1 Å². The van der Waals surface area contributed by atoms with Crippen LogP contribution in [0.2, 0.25) is 0 Å². The number of rotatable bonds is 5. The van der Waals surface area contributed by atoms with Crippen LogP contribution in [0.15, 0.2) is 58.0 Å². The topological polar surface area (TPSA) is 84.2 Å². The van der Waals surface area contributed by atoms with Crippen molar-refractivity contribution in [3.63, 3.8) is 0 Å². The molecule has 5 rings (SSSR count). The lowest BCUT2D eigenvalue weighted by Crippen LogP contribution is -2.40. The number of fused-ring (bicyclic) bond motifs is 1. The molecule has 0 bridgehead atoms. The molecule has 8 heteroatoms. The van der Waals surface area contributed by atoms with Crippen LogP contribution in [0, 0.1) is 5.92 Å². The Morgan fingerprint density at radius 2 is 2.10 bits per heavy atom. The second kappa shape index (κ2) is 8.33. The molecule has 0 saturated carbocycles. The Labute approximate surface area is 177 Å². The predicted octanol–water partition coefficient (Wildman–Crippen LogP) is 4.20. The maximum atomic E-state index is 12.9. The zero-order chi connectivity index (χ0) is 20.3. The molecule has 2 aromatic carbocycles. The van der Waals surface area contributed by atoms with Crippen LogP contribution in [0.5, 0.6) is 0 Å². The highest BCUT2D eigenvalue weighted by Crippen LogP contribution is 2.24. The Bertz CT molecular complexity index is 1140. The molecule has 7 nitrogen and oxygen atoms in total. The standard InChI is InChI=1S/C22H21N5O2S/c28-22(24-18-8-6-15(7-9-18)20-13-30-14-23-20)17-4-2-10-27(12-17)11-16-3-1-5-19-21(16)26-29-25-19/h1,3,5-9,13-14,17H,2,4,10-12H2,(H,24,28). The molecule has 1 unspecified atom stereocenters. The summed E-state index contributed by atoms with van der Waals surface area (Å²) in [5.74, 6) is 0.0361. The minimum Gasteiger partial charge on any atom is -0.326 e. The van der Waals surface area contributed by atoms with E-state index in [2.05, 4.69) is 25.5 Å². The number of benzene rings is 2. The molecule has 1 amide bonds. The van der Waals surface area contributed by atoms with Crippen molar-refractivity contribution in [3.8, 4) is 11.3 Å². The summed E-state index contributed by atoms with van der Waals surface area (Å²) in [4.78, 5) is 19.5. The summed E-state index contributed by atoms with van der Waals surface area (Å²) in [6, 6.07) is 13.7. The van der Waals surface area contributed by atoms with Gasteiger partial charge in [-0.2, -0.15) is 0 Å². The van der Waals surface area contributed by atoms with Gasteiger partial charge in [-0.05, 0) is 53.5 Å². The number of piperidine rings is 1. The zero-order valence-electron chi connectivity index (χ0n) is 16.3. The second-order valence-corrected chi connectivity index (χ2v) is 8.28. The third-order valence-corrected chi connectivity index (χ3v) is 6.11. The first-order chi connectivity index (χ1) is 14.8. The summed E-state index contributed by atoms with van der Waals surface area (Å²) < 4.78 is 4.87. The molecule has 2 aromatic heterocycles. The van der Waals surface area contributed by atoms with Crippen LogP contribution in [-0.2, 0) is 11.3 Å². The largest absolute Gasteiger partial charge is 0.326 e. The van der Waals surface area contributed by atoms with Gasteiger partial charge in [-0.3, -0.25) is 9.69 Å². The summed E-state index contributed by atoms with van der Waals surface area (Å²) in [6.07, 6.45) is 1.89. The molecule has 152 valence electrons. The molecule has 1 N–H and O–H groups in total. The van der Waals surface area contributed by atoms with Crippen molar-refractivity contribution in [2.24, 2.45) is 5.92 Å². The van der Waals surface area contributed by atoms with E-state index in [0.29, 0.717) is 0 Å². The first kappa shape index (κ1) is 18.9. The number of amides is 1. The van der Waals surface area contributed by atoms with Gasteiger partial charge in [0.15, 0.2) is 0 Å². The number of hydrogen-bond donors (Lipinski definition) is 1. The van der Waals surface area contributed by atoms with Crippen LogP contribution < -0.4 is 5.32 Å². The molecule has 30 heavy (non-hydrogen) atoms. The molecule has 0 spiro atoms. The minimum atomic E-state index is -0.0356. The van der Waals surface area contributed by atoms with Crippen molar-refractivity contribution < 1.29 is 9.42 Å². The van der Waals surface area contributed by atoms with Crippen LogP contribution in [-0.4, -0.2) is 39.2 Å². The van der Waals surface area contributed by atoms with Gasteiger partial charge in [0.2, 0.25) is 5.91 Å². The minimum absolute atomic E-state index is 0.0356. The fourth-order valence-corrected chi connectivity index (χ4v) is 4.53. The zero-order valence-corrected chi connectivity index (χ0v) is 17.1. The highest BCUT2D eigenvalue weighted by Gasteiger charge is 2.26. The average Bonchev–Trinajstić information content (AvgIpc) is 3.47. The molecule has 0 aliphatic carbocycles. The molecule has 4 aromatic rings. The first-order valence-electron chi connectivity index (χ1n) is 9.98. The van der Waals surface area contributed by atoms with E-state index in [1.165, 1.54) is 0 Å². The first-order valence-corrected chi connectivity index (χ1v) is 10.9. The van der Waals surface area contributed by atoms with Gasteiger partial charge in [0.25, 0.3) is 0 Å². The van der Waals surface area contributed by atoms with E-state index in [1.54, 1.807) is 11.3 Å². The summed E-state index contributed by atoms with van der Waals surface area (Å²) in [6.45, 7) is 2.43. The summed E-state index contributed by atoms with van der Waals surface area (Å²) in [7, 11) is 0. The lowest BCUT2D eigenvalue weighted by Gasteiger charge is -2.32. The second-order valence-electron chi connectivity index (χ2n) is 7.56. The van der Waals surface area contributed by atoms with Gasteiger partial charge in [0.1, 0.15) is 11.0 Å². The number of aromatic nitrogens is 3. The van der Waals surface area contributed by atoms with E-state index in [0.717, 1.165) is 66.0 Å². The number of carbonyl (C=O) groups is 1. The predicted molar refractivity (Wildman–Crippen MR) is 116 cm³/mol. The molecule has 3 heterocycles. The van der Waals surface area contributed by atoms with Crippen LogP contribution in [0.3, 0.4) is 0 Å². The Morgan fingerprint density at radius 3 is 2.93 bits per heavy atom. The van der Waals surface area contributed by atoms with E-state index in [1.807, 2.05) is 53.4 Å². The monoisotopic (exact) mass is 419 g/mol. The van der Waals surface area contributed by atoms with E-state index >= 15 is 0 Å². The quantitative estimate of drug-likeness (QED) is 0.522. The Hall–Kier alpha value is -3.10. The third-order valence-electron chi connectivity index (χ3n) is 5.52. The number of nitrogens with one attached hydrogen (secondary N) is 1. The summed E-state index contributed by atoms with van der Waals surface area (Å²) >= 11 is 1.57. The Balaban J connectivity index is 1.22. The Morgan fingerprint density at radius 1 is 1.20 bits per heavy atom. The SMILES string of the molecule is O=C(Nc1ccc(-c2cscn2)cc1)C1CCCN(Cc2cccc3nonc23)C1. The molecule has 1 aliphatic rings. The number of thiazole rings is 1. The van der Waals surface area contributed by atoms with Gasteiger partial charge in [-0.25, -0.2) is 9.61 Å². The van der Waals surface area contributed by atoms with Gasteiger partial charge < -0.3 is 5.32 Å². The highest BCUT2D eigenvalue weighted by molar-refractivity contribution is 7.07. The van der Waals surface area contributed by atoms with Crippen molar-refractivity contribution >= 4 is 34.0 Å². The molecule has 0 radical (unpaired) electrons. The van der Waals surface area contributed by atoms with Crippen molar-refractivity contribution in [1.29, 1.82) is 0 Å². The van der Waals surface area contributed by atoms with E-state index in [9.17, 15) is 4.79 Å². The molecular weight excluding hydrogens is 398 g/mol. The normalized spacial score (nSPS) is 17.3. The molecule has 1 fully saturated rings. The van der Waals surface area contributed by atoms with E-state index in [4.69, 9.17) is 4.63 Å². The molecule has 1 atom stereocenters. The number of hydrogen-bond acceptors (Lipinski definition) is 7. The highest BCUT2D eigenvalue weighted by atomic mass is 32.1. The number of anilines is 1. The van der Waals surface area contributed by atoms with Crippen LogP contribution in [0.4, 0.5) is 5.69 Å². The van der Waals surface area contributed by atoms with Gasteiger partial charge in [0, 0.05) is 29.7 Å².